The van der Waals surface area contributed by atoms with E-state index >= 15 is 0 Å². The molecule has 0 spiro atoms. The summed E-state index contributed by atoms with van der Waals surface area (Å²) in [6, 6.07) is 11.9. The van der Waals surface area contributed by atoms with Gasteiger partial charge in [0, 0.05) is 11.4 Å². The van der Waals surface area contributed by atoms with Crippen LogP contribution in [-0.2, 0) is 16.0 Å². The summed E-state index contributed by atoms with van der Waals surface area (Å²) < 4.78 is 4.67. The SMILES string of the molecule is O=COCCc1ccc2cc(Cl)ccc2c1. The Morgan fingerprint density at radius 2 is 1.88 bits per heavy atom. The van der Waals surface area contributed by atoms with Gasteiger partial charge in [0.05, 0.1) is 6.61 Å². The van der Waals surface area contributed by atoms with E-state index in [2.05, 4.69) is 10.8 Å². The van der Waals surface area contributed by atoms with Crippen molar-refractivity contribution >= 4 is 28.8 Å². The fourth-order valence-corrected chi connectivity index (χ4v) is 1.83. The first-order valence-corrected chi connectivity index (χ1v) is 5.41. The number of fused-ring (bicyclic) bond motifs is 1. The largest absolute Gasteiger partial charge is 0.468 e. The summed E-state index contributed by atoms with van der Waals surface area (Å²) in [6.07, 6.45) is 0.733. The number of halogens is 1. The second-order valence-corrected chi connectivity index (χ2v) is 3.98. The molecule has 0 aliphatic heterocycles. The van der Waals surface area contributed by atoms with Gasteiger partial charge in [-0.2, -0.15) is 0 Å². The van der Waals surface area contributed by atoms with E-state index in [1.165, 1.54) is 0 Å². The predicted octanol–water partition coefficient (Wildman–Crippen LogP) is 3.21. The van der Waals surface area contributed by atoms with E-state index in [1.807, 2.05) is 30.3 Å². The number of rotatable bonds is 4. The molecular weight excluding hydrogens is 224 g/mol. The third-order valence-corrected chi connectivity index (χ3v) is 2.68. The normalized spacial score (nSPS) is 10.3. The van der Waals surface area contributed by atoms with Crippen LogP contribution in [0.15, 0.2) is 36.4 Å². The zero-order chi connectivity index (χ0) is 11.4. The van der Waals surface area contributed by atoms with Crippen LogP contribution in [0.25, 0.3) is 10.8 Å². The molecule has 2 aromatic carbocycles. The van der Waals surface area contributed by atoms with Gasteiger partial charge in [0.2, 0.25) is 0 Å². The van der Waals surface area contributed by atoms with Gasteiger partial charge in [-0.3, -0.25) is 4.79 Å². The van der Waals surface area contributed by atoms with Gasteiger partial charge >= 0.3 is 0 Å². The highest BCUT2D eigenvalue weighted by Gasteiger charge is 1.98. The molecule has 0 saturated carbocycles. The fourth-order valence-electron chi connectivity index (χ4n) is 1.65. The molecule has 2 aromatic rings. The van der Waals surface area contributed by atoms with Crippen molar-refractivity contribution < 1.29 is 9.53 Å². The highest BCUT2D eigenvalue weighted by atomic mass is 35.5. The molecule has 3 heteroatoms. The molecule has 0 N–H and O–H groups in total. The van der Waals surface area contributed by atoms with Crippen molar-refractivity contribution in [3.8, 4) is 0 Å². The molecule has 82 valence electrons. The quantitative estimate of drug-likeness (QED) is 0.600. The molecule has 0 bridgehead atoms. The zero-order valence-corrected chi connectivity index (χ0v) is 9.41. The summed E-state index contributed by atoms with van der Waals surface area (Å²) in [6.45, 7) is 0.892. The molecule has 2 nitrogen and oxygen atoms in total. The van der Waals surface area contributed by atoms with Crippen molar-refractivity contribution in [2.75, 3.05) is 6.61 Å². The maximum atomic E-state index is 10.0. The molecule has 16 heavy (non-hydrogen) atoms. The third-order valence-electron chi connectivity index (χ3n) is 2.44. The van der Waals surface area contributed by atoms with Crippen LogP contribution in [0.3, 0.4) is 0 Å². The molecule has 0 aliphatic rings. The first-order valence-electron chi connectivity index (χ1n) is 5.03. The Morgan fingerprint density at radius 1 is 1.12 bits per heavy atom. The minimum atomic E-state index is 0.419. The molecule has 2 rings (SSSR count). The smallest absolute Gasteiger partial charge is 0.293 e. The molecule has 0 fully saturated rings. The van der Waals surface area contributed by atoms with Crippen molar-refractivity contribution in [3.63, 3.8) is 0 Å². The van der Waals surface area contributed by atoms with Crippen LogP contribution in [0.4, 0.5) is 0 Å². The van der Waals surface area contributed by atoms with Gasteiger partial charge in [-0.15, -0.1) is 0 Å². The van der Waals surface area contributed by atoms with Crippen molar-refractivity contribution in [3.05, 3.63) is 47.0 Å². The van der Waals surface area contributed by atoms with Crippen LogP contribution in [0.1, 0.15) is 5.56 Å². The molecule has 0 aliphatic carbocycles. The van der Waals surface area contributed by atoms with Crippen LogP contribution in [0, 0.1) is 0 Å². The minimum absolute atomic E-state index is 0.419. The van der Waals surface area contributed by atoms with Crippen LogP contribution >= 0.6 is 11.6 Å². The van der Waals surface area contributed by atoms with Crippen molar-refractivity contribution in [1.29, 1.82) is 0 Å². The Kier molecular flexibility index (Phi) is 3.42. The van der Waals surface area contributed by atoms with Gasteiger partial charge in [0.15, 0.2) is 0 Å². The zero-order valence-electron chi connectivity index (χ0n) is 8.65. The van der Waals surface area contributed by atoms with E-state index in [-0.39, 0.29) is 0 Å². The van der Waals surface area contributed by atoms with Gasteiger partial charge < -0.3 is 4.74 Å². The van der Waals surface area contributed by atoms with E-state index in [9.17, 15) is 4.79 Å². The van der Waals surface area contributed by atoms with E-state index in [1.54, 1.807) is 0 Å². The Morgan fingerprint density at radius 3 is 2.69 bits per heavy atom. The number of carbonyl (C=O) groups is 1. The number of hydrogen-bond acceptors (Lipinski definition) is 2. The Labute approximate surface area is 98.8 Å². The molecule has 0 unspecified atom stereocenters. The van der Waals surface area contributed by atoms with Gasteiger partial charge in [-0.1, -0.05) is 35.9 Å². The predicted molar refractivity (Wildman–Crippen MR) is 64.7 cm³/mol. The average molecular weight is 235 g/mol. The number of benzene rings is 2. The second kappa shape index (κ2) is 4.99. The van der Waals surface area contributed by atoms with E-state index in [4.69, 9.17) is 11.6 Å². The summed E-state index contributed by atoms with van der Waals surface area (Å²) in [5.41, 5.74) is 1.15. The van der Waals surface area contributed by atoms with Crippen molar-refractivity contribution in [2.24, 2.45) is 0 Å². The third kappa shape index (κ3) is 2.52. The fraction of sp³-hybridized carbons (Fsp3) is 0.154. The molecule has 0 saturated heterocycles. The van der Waals surface area contributed by atoms with Crippen LogP contribution in [0.2, 0.25) is 5.02 Å². The summed E-state index contributed by atoms with van der Waals surface area (Å²) in [5, 5.41) is 3.00. The number of carbonyl (C=O) groups excluding carboxylic acids is 1. The van der Waals surface area contributed by atoms with Crippen LogP contribution < -0.4 is 0 Å². The summed E-state index contributed by atoms with van der Waals surface area (Å²) in [5.74, 6) is 0. The van der Waals surface area contributed by atoms with Gasteiger partial charge in [-0.05, 0) is 28.5 Å². The van der Waals surface area contributed by atoms with Gasteiger partial charge in [0.25, 0.3) is 6.47 Å². The van der Waals surface area contributed by atoms with E-state index in [0.717, 1.165) is 27.8 Å². The first-order chi connectivity index (χ1) is 7.79. The highest BCUT2D eigenvalue weighted by Crippen LogP contribution is 2.20. The standard InChI is InChI=1S/C13H11ClO2/c14-13-4-3-11-7-10(5-6-16-9-15)1-2-12(11)8-13/h1-4,7-9H,5-6H2. The molecule has 0 heterocycles. The van der Waals surface area contributed by atoms with E-state index in [0.29, 0.717) is 13.1 Å². The van der Waals surface area contributed by atoms with Crippen molar-refractivity contribution in [2.45, 2.75) is 6.42 Å². The highest BCUT2D eigenvalue weighted by molar-refractivity contribution is 6.31. The van der Waals surface area contributed by atoms with Gasteiger partial charge in [-0.25, -0.2) is 0 Å². The first kappa shape index (κ1) is 11.0. The van der Waals surface area contributed by atoms with E-state index < -0.39 is 0 Å². The summed E-state index contributed by atoms with van der Waals surface area (Å²) in [4.78, 5) is 10.0. The topological polar surface area (TPSA) is 26.3 Å². The van der Waals surface area contributed by atoms with Gasteiger partial charge in [0.1, 0.15) is 0 Å². The molecule has 0 atom stereocenters. The summed E-state index contributed by atoms with van der Waals surface area (Å²) in [7, 11) is 0. The number of ether oxygens (including phenoxy) is 1. The van der Waals surface area contributed by atoms with Crippen molar-refractivity contribution in [1.82, 2.24) is 0 Å². The second-order valence-electron chi connectivity index (χ2n) is 3.54. The average Bonchev–Trinajstić information content (AvgIpc) is 2.29. The lowest BCUT2D eigenvalue weighted by atomic mass is 10.1. The van der Waals surface area contributed by atoms with Crippen LogP contribution in [0.5, 0.6) is 0 Å². The number of hydrogen-bond donors (Lipinski definition) is 0. The molecular formula is C13H11ClO2. The minimum Gasteiger partial charge on any atom is -0.468 e. The molecule has 0 radical (unpaired) electrons. The lowest BCUT2D eigenvalue weighted by Crippen LogP contribution is -1.96. The monoisotopic (exact) mass is 234 g/mol. The Hall–Kier alpha value is -1.54. The Bertz CT molecular complexity index is 508. The molecule has 0 amide bonds. The summed E-state index contributed by atoms with van der Waals surface area (Å²) >= 11 is 5.90. The lowest BCUT2D eigenvalue weighted by molar-refractivity contribution is -0.128. The maximum Gasteiger partial charge on any atom is 0.293 e. The lowest BCUT2D eigenvalue weighted by Gasteiger charge is -2.03. The van der Waals surface area contributed by atoms with Crippen LogP contribution in [-0.4, -0.2) is 13.1 Å². The maximum absolute atomic E-state index is 10.0. The Balaban J connectivity index is 2.23. The molecule has 0 aromatic heterocycles.